The molecule has 1 N–H and O–H groups in total. The predicted molar refractivity (Wildman–Crippen MR) is 116 cm³/mol. The summed E-state index contributed by atoms with van der Waals surface area (Å²) in [5, 5.41) is 3.47. The molecule has 2 amide bonds. The number of carbonyl (C=O) groups excluding carboxylic acids is 2. The zero-order valence-corrected chi connectivity index (χ0v) is 17.9. The highest BCUT2D eigenvalue weighted by molar-refractivity contribution is 6.31. The second-order valence-electron chi connectivity index (χ2n) is 7.22. The summed E-state index contributed by atoms with van der Waals surface area (Å²) in [7, 11) is 1.53. The Bertz CT molecular complexity index is 852. The Morgan fingerprint density at radius 3 is 2.57 bits per heavy atom. The molecule has 6 nitrogen and oxygen atoms in total. The lowest BCUT2D eigenvalue weighted by Crippen LogP contribution is -2.43. The summed E-state index contributed by atoms with van der Waals surface area (Å²) >= 11 is 6.04. The Kier molecular flexibility index (Phi) is 7.97. The number of piperidine rings is 1. The van der Waals surface area contributed by atoms with Gasteiger partial charge in [0.25, 0.3) is 5.91 Å². The average molecular weight is 431 g/mol. The molecule has 1 saturated heterocycles. The Hall–Kier alpha value is -2.73. The number of carbonyl (C=O) groups is 2. The summed E-state index contributed by atoms with van der Waals surface area (Å²) in [6, 6.07) is 14.6. The van der Waals surface area contributed by atoms with Gasteiger partial charge in [-0.1, -0.05) is 29.8 Å². The van der Waals surface area contributed by atoms with E-state index in [1.54, 1.807) is 23.1 Å². The normalized spacial score (nSPS) is 14.3. The fraction of sp³-hybridized carbons (Fsp3) is 0.391. The minimum atomic E-state index is -0.119. The molecule has 160 valence electrons. The van der Waals surface area contributed by atoms with E-state index in [9.17, 15) is 9.59 Å². The largest absolute Gasteiger partial charge is 0.496 e. The van der Waals surface area contributed by atoms with Crippen molar-refractivity contribution in [3.05, 3.63) is 59.1 Å². The molecular weight excluding hydrogens is 404 g/mol. The summed E-state index contributed by atoms with van der Waals surface area (Å²) in [6.45, 7) is 2.19. The van der Waals surface area contributed by atoms with Crippen molar-refractivity contribution in [3.63, 3.8) is 0 Å². The van der Waals surface area contributed by atoms with Crippen LogP contribution in [0.4, 0.5) is 0 Å². The number of rotatable bonds is 8. The standard InChI is InChI=1S/C23H27ClN2O4/c1-29-21-9-8-18(24)16-20(21)23(28)26-13-10-17(11-14-26)22(27)25-12-5-15-30-19-6-3-2-4-7-19/h2-4,6-9,16-17H,5,10-15H2,1H3,(H,25,27). The highest BCUT2D eigenvalue weighted by Crippen LogP contribution is 2.26. The first-order valence-electron chi connectivity index (χ1n) is 10.2. The zero-order valence-electron chi connectivity index (χ0n) is 17.1. The van der Waals surface area contributed by atoms with Gasteiger partial charge in [0.2, 0.25) is 5.91 Å². The number of nitrogens with zero attached hydrogens (tertiary/aromatic N) is 1. The quantitative estimate of drug-likeness (QED) is 0.647. The molecule has 0 atom stereocenters. The fourth-order valence-electron chi connectivity index (χ4n) is 3.50. The van der Waals surface area contributed by atoms with Crippen molar-refractivity contribution in [2.75, 3.05) is 33.4 Å². The molecule has 3 rings (SSSR count). The van der Waals surface area contributed by atoms with E-state index in [0.29, 0.717) is 55.4 Å². The van der Waals surface area contributed by atoms with Crippen LogP contribution < -0.4 is 14.8 Å². The summed E-state index contributed by atoms with van der Waals surface area (Å²) in [5.74, 6) is 1.18. The van der Waals surface area contributed by atoms with E-state index in [1.807, 2.05) is 30.3 Å². The summed E-state index contributed by atoms with van der Waals surface area (Å²) in [6.07, 6.45) is 2.02. The SMILES string of the molecule is COc1ccc(Cl)cc1C(=O)N1CCC(C(=O)NCCCOc2ccccc2)CC1. The van der Waals surface area contributed by atoms with Crippen molar-refractivity contribution >= 4 is 23.4 Å². The van der Waals surface area contributed by atoms with Crippen LogP contribution in [0.5, 0.6) is 11.5 Å². The highest BCUT2D eigenvalue weighted by atomic mass is 35.5. The number of likely N-dealkylation sites (tertiary alicyclic amines) is 1. The maximum Gasteiger partial charge on any atom is 0.257 e. The van der Waals surface area contributed by atoms with E-state index in [4.69, 9.17) is 21.1 Å². The van der Waals surface area contributed by atoms with Crippen LogP contribution in [0.2, 0.25) is 5.02 Å². The van der Waals surface area contributed by atoms with Crippen LogP contribution in [0.15, 0.2) is 48.5 Å². The van der Waals surface area contributed by atoms with Crippen LogP contribution in [0, 0.1) is 5.92 Å². The second-order valence-corrected chi connectivity index (χ2v) is 7.65. The van der Waals surface area contributed by atoms with E-state index < -0.39 is 0 Å². The van der Waals surface area contributed by atoms with Gasteiger partial charge >= 0.3 is 0 Å². The molecule has 0 unspecified atom stereocenters. The molecular formula is C23H27ClN2O4. The van der Waals surface area contributed by atoms with Crippen molar-refractivity contribution in [3.8, 4) is 11.5 Å². The first-order valence-corrected chi connectivity index (χ1v) is 10.5. The first-order chi connectivity index (χ1) is 14.6. The molecule has 2 aromatic carbocycles. The second kappa shape index (κ2) is 10.9. The van der Waals surface area contributed by atoms with Crippen molar-refractivity contribution in [2.24, 2.45) is 5.92 Å². The molecule has 0 radical (unpaired) electrons. The third-order valence-electron chi connectivity index (χ3n) is 5.18. The molecule has 1 heterocycles. The van der Waals surface area contributed by atoms with Crippen LogP contribution in [0.3, 0.4) is 0 Å². The third kappa shape index (κ3) is 5.89. The van der Waals surface area contributed by atoms with Gasteiger partial charge < -0.3 is 19.7 Å². The van der Waals surface area contributed by atoms with Crippen molar-refractivity contribution in [1.29, 1.82) is 0 Å². The van der Waals surface area contributed by atoms with Gasteiger partial charge in [-0.25, -0.2) is 0 Å². The van der Waals surface area contributed by atoms with Crippen molar-refractivity contribution < 1.29 is 19.1 Å². The van der Waals surface area contributed by atoms with Crippen molar-refractivity contribution in [1.82, 2.24) is 10.2 Å². The smallest absolute Gasteiger partial charge is 0.257 e. The lowest BCUT2D eigenvalue weighted by atomic mass is 9.95. The molecule has 0 aliphatic carbocycles. The monoisotopic (exact) mass is 430 g/mol. The maximum absolute atomic E-state index is 12.8. The molecule has 2 aromatic rings. The third-order valence-corrected chi connectivity index (χ3v) is 5.41. The van der Waals surface area contributed by atoms with E-state index >= 15 is 0 Å². The lowest BCUT2D eigenvalue weighted by Gasteiger charge is -2.31. The number of methoxy groups -OCH3 is 1. The maximum atomic E-state index is 12.8. The van der Waals surface area contributed by atoms with Gasteiger partial charge in [0.15, 0.2) is 0 Å². The number of amides is 2. The number of hydrogen-bond donors (Lipinski definition) is 1. The molecule has 0 aromatic heterocycles. The van der Waals surface area contributed by atoms with E-state index in [2.05, 4.69) is 5.32 Å². The number of para-hydroxylation sites is 1. The fourth-order valence-corrected chi connectivity index (χ4v) is 3.67. The van der Waals surface area contributed by atoms with Gasteiger partial charge in [0.05, 0.1) is 19.3 Å². The van der Waals surface area contributed by atoms with Crippen LogP contribution in [0.1, 0.15) is 29.6 Å². The first kappa shape index (κ1) is 22.0. The van der Waals surface area contributed by atoms with Gasteiger partial charge in [0, 0.05) is 30.6 Å². The van der Waals surface area contributed by atoms with Gasteiger partial charge in [-0.3, -0.25) is 9.59 Å². The Morgan fingerprint density at radius 1 is 1.13 bits per heavy atom. The highest BCUT2D eigenvalue weighted by Gasteiger charge is 2.28. The number of benzene rings is 2. The Morgan fingerprint density at radius 2 is 1.87 bits per heavy atom. The van der Waals surface area contributed by atoms with E-state index in [1.165, 1.54) is 7.11 Å². The minimum absolute atomic E-state index is 0.0437. The molecule has 1 aliphatic heterocycles. The Labute approximate surface area is 182 Å². The summed E-state index contributed by atoms with van der Waals surface area (Å²) in [5.41, 5.74) is 0.450. The summed E-state index contributed by atoms with van der Waals surface area (Å²) < 4.78 is 10.9. The van der Waals surface area contributed by atoms with Gasteiger partial charge in [-0.05, 0) is 49.6 Å². The zero-order chi connectivity index (χ0) is 21.3. The molecule has 1 fully saturated rings. The van der Waals surface area contributed by atoms with Crippen LogP contribution >= 0.6 is 11.6 Å². The van der Waals surface area contributed by atoms with Gasteiger partial charge in [-0.15, -0.1) is 0 Å². The Balaban J connectivity index is 1.40. The number of ether oxygens (including phenoxy) is 2. The molecule has 30 heavy (non-hydrogen) atoms. The summed E-state index contributed by atoms with van der Waals surface area (Å²) in [4.78, 5) is 27.0. The van der Waals surface area contributed by atoms with E-state index in [-0.39, 0.29) is 17.7 Å². The number of hydrogen-bond acceptors (Lipinski definition) is 4. The van der Waals surface area contributed by atoms with Crippen LogP contribution in [-0.4, -0.2) is 50.1 Å². The topological polar surface area (TPSA) is 67.9 Å². The number of halogens is 1. The van der Waals surface area contributed by atoms with Gasteiger partial charge in [0.1, 0.15) is 11.5 Å². The van der Waals surface area contributed by atoms with Gasteiger partial charge in [-0.2, -0.15) is 0 Å². The molecule has 0 bridgehead atoms. The van der Waals surface area contributed by atoms with Crippen molar-refractivity contribution in [2.45, 2.75) is 19.3 Å². The van der Waals surface area contributed by atoms with Crippen LogP contribution in [-0.2, 0) is 4.79 Å². The van der Waals surface area contributed by atoms with Crippen LogP contribution in [0.25, 0.3) is 0 Å². The molecule has 1 aliphatic rings. The molecule has 7 heteroatoms. The predicted octanol–water partition coefficient (Wildman–Crippen LogP) is 3.79. The minimum Gasteiger partial charge on any atom is -0.496 e. The van der Waals surface area contributed by atoms with E-state index in [0.717, 1.165) is 12.2 Å². The number of nitrogens with one attached hydrogen (secondary N) is 1. The molecule has 0 saturated carbocycles. The lowest BCUT2D eigenvalue weighted by molar-refractivity contribution is -0.126. The average Bonchev–Trinajstić information content (AvgIpc) is 2.79. The molecule has 0 spiro atoms.